The number of piperazine rings is 1. The number of thiophene rings is 1. The third-order valence-electron chi connectivity index (χ3n) is 5.90. The Bertz CT molecular complexity index is 1010. The average molecular weight is 411 g/mol. The van der Waals surface area contributed by atoms with Gasteiger partial charge in [-0.3, -0.25) is 0 Å². The lowest BCUT2D eigenvalue weighted by atomic mass is 9.97. The molecule has 1 aromatic carbocycles. The van der Waals surface area contributed by atoms with E-state index in [1.807, 2.05) is 11.3 Å². The Kier molecular flexibility index (Phi) is 4.93. The maximum Gasteiger partial charge on any atom is 0.190 e. The minimum Gasteiger partial charge on any atom is -0.368 e. The summed E-state index contributed by atoms with van der Waals surface area (Å²) >= 11 is 3.56. The van der Waals surface area contributed by atoms with Gasteiger partial charge >= 0.3 is 0 Å². The molecule has 0 bridgehead atoms. The van der Waals surface area contributed by atoms with Crippen molar-refractivity contribution in [3.63, 3.8) is 0 Å². The zero-order valence-electron chi connectivity index (χ0n) is 16.6. The second kappa shape index (κ2) is 7.56. The summed E-state index contributed by atoms with van der Waals surface area (Å²) in [6, 6.07) is 8.85. The molecule has 1 aliphatic heterocycles. The first-order valence-corrected chi connectivity index (χ1v) is 12.2. The van der Waals surface area contributed by atoms with Gasteiger partial charge in [0.05, 0.1) is 5.39 Å². The predicted molar refractivity (Wildman–Crippen MR) is 121 cm³/mol. The van der Waals surface area contributed by atoms with Crippen molar-refractivity contribution in [1.82, 2.24) is 9.97 Å². The first-order chi connectivity index (χ1) is 13.7. The molecule has 2 aliphatic rings. The van der Waals surface area contributed by atoms with Crippen LogP contribution in [0.5, 0.6) is 0 Å². The van der Waals surface area contributed by atoms with Crippen molar-refractivity contribution in [2.24, 2.45) is 0 Å². The fraction of sp³-hybridized carbons (Fsp3) is 0.455. The van der Waals surface area contributed by atoms with Crippen LogP contribution in [0.2, 0.25) is 0 Å². The summed E-state index contributed by atoms with van der Waals surface area (Å²) in [5.41, 5.74) is 4.20. The minimum absolute atomic E-state index is 0.905. The molecule has 0 N–H and O–H groups in total. The highest BCUT2D eigenvalue weighted by molar-refractivity contribution is 7.98. The Labute approximate surface area is 175 Å². The van der Waals surface area contributed by atoms with Crippen molar-refractivity contribution in [2.75, 3.05) is 42.2 Å². The fourth-order valence-electron chi connectivity index (χ4n) is 4.44. The number of anilines is 2. The van der Waals surface area contributed by atoms with Gasteiger partial charge in [0.2, 0.25) is 0 Å². The molecule has 4 nitrogen and oxygen atoms in total. The second-order valence-electron chi connectivity index (χ2n) is 7.74. The normalized spacial score (nSPS) is 17.2. The van der Waals surface area contributed by atoms with E-state index in [-0.39, 0.29) is 0 Å². The summed E-state index contributed by atoms with van der Waals surface area (Å²) in [4.78, 5) is 17.6. The molecule has 0 saturated carbocycles. The molecule has 3 aromatic rings. The summed E-state index contributed by atoms with van der Waals surface area (Å²) in [5, 5.41) is 2.25. The van der Waals surface area contributed by atoms with Gasteiger partial charge < -0.3 is 9.80 Å². The quantitative estimate of drug-likeness (QED) is 0.452. The van der Waals surface area contributed by atoms with E-state index in [0.717, 1.165) is 31.3 Å². The predicted octanol–water partition coefficient (Wildman–Crippen LogP) is 4.93. The molecule has 2 aromatic heterocycles. The zero-order valence-corrected chi connectivity index (χ0v) is 18.2. The van der Waals surface area contributed by atoms with Gasteiger partial charge in [-0.15, -0.1) is 11.3 Å². The molecule has 5 rings (SSSR count). The van der Waals surface area contributed by atoms with E-state index < -0.39 is 0 Å². The Morgan fingerprint density at radius 3 is 2.57 bits per heavy atom. The third kappa shape index (κ3) is 3.26. The number of hydrogen-bond acceptors (Lipinski definition) is 6. The van der Waals surface area contributed by atoms with Crippen LogP contribution in [-0.2, 0) is 12.8 Å². The van der Waals surface area contributed by atoms with Crippen LogP contribution in [0.15, 0.2) is 29.4 Å². The van der Waals surface area contributed by atoms with Crippen LogP contribution in [0, 0.1) is 6.92 Å². The van der Waals surface area contributed by atoms with Crippen molar-refractivity contribution < 1.29 is 0 Å². The van der Waals surface area contributed by atoms with Gasteiger partial charge in [0.25, 0.3) is 0 Å². The van der Waals surface area contributed by atoms with Crippen molar-refractivity contribution in [3.05, 3.63) is 40.3 Å². The van der Waals surface area contributed by atoms with Crippen LogP contribution in [0.4, 0.5) is 11.5 Å². The highest BCUT2D eigenvalue weighted by atomic mass is 32.2. The van der Waals surface area contributed by atoms with Gasteiger partial charge in [-0.1, -0.05) is 23.9 Å². The number of aromatic nitrogens is 2. The Balaban J connectivity index is 1.47. The SMILES string of the molecule is CSc1nc(N2CCN(c3cccc(C)c3)CC2)c2c3c(sc2n1)CCCC3. The molecule has 1 saturated heterocycles. The first-order valence-electron chi connectivity index (χ1n) is 10.2. The molecule has 1 fully saturated rings. The van der Waals surface area contributed by atoms with Crippen LogP contribution < -0.4 is 9.80 Å². The average Bonchev–Trinajstić information content (AvgIpc) is 3.11. The Hall–Kier alpha value is -1.79. The number of thioether (sulfide) groups is 1. The molecular formula is C22H26N4S2. The molecular weight excluding hydrogens is 384 g/mol. The van der Waals surface area contributed by atoms with E-state index in [1.165, 1.54) is 58.5 Å². The molecule has 0 spiro atoms. The maximum absolute atomic E-state index is 5.00. The van der Waals surface area contributed by atoms with Gasteiger partial charge in [0, 0.05) is 36.7 Å². The molecule has 146 valence electrons. The van der Waals surface area contributed by atoms with Crippen molar-refractivity contribution in [1.29, 1.82) is 0 Å². The zero-order chi connectivity index (χ0) is 19.1. The number of nitrogens with zero attached hydrogens (tertiary/aromatic N) is 4. The molecule has 0 unspecified atom stereocenters. The lowest BCUT2D eigenvalue weighted by Crippen LogP contribution is -2.47. The molecule has 3 heterocycles. The summed E-state index contributed by atoms with van der Waals surface area (Å²) in [7, 11) is 0. The van der Waals surface area contributed by atoms with Crippen LogP contribution in [0.1, 0.15) is 28.8 Å². The molecule has 0 amide bonds. The van der Waals surface area contributed by atoms with E-state index >= 15 is 0 Å². The van der Waals surface area contributed by atoms with Gasteiger partial charge in [0.1, 0.15) is 10.6 Å². The van der Waals surface area contributed by atoms with Crippen LogP contribution in [0.25, 0.3) is 10.2 Å². The molecule has 28 heavy (non-hydrogen) atoms. The van der Waals surface area contributed by atoms with Gasteiger partial charge in [-0.25, -0.2) is 9.97 Å². The molecule has 1 aliphatic carbocycles. The highest BCUT2D eigenvalue weighted by Gasteiger charge is 2.26. The van der Waals surface area contributed by atoms with Crippen molar-refractivity contribution >= 4 is 44.8 Å². The summed E-state index contributed by atoms with van der Waals surface area (Å²) in [6.45, 7) is 6.27. The third-order valence-corrected chi connectivity index (χ3v) is 7.64. The van der Waals surface area contributed by atoms with Gasteiger partial charge in [-0.2, -0.15) is 0 Å². The number of rotatable bonds is 3. The number of aryl methyl sites for hydroxylation is 3. The van der Waals surface area contributed by atoms with Crippen molar-refractivity contribution in [2.45, 2.75) is 37.8 Å². The Morgan fingerprint density at radius 1 is 1.00 bits per heavy atom. The molecule has 6 heteroatoms. The van der Waals surface area contributed by atoms with E-state index in [1.54, 1.807) is 16.6 Å². The maximum atomic E-state index is 5.00. The molecule has 0 atom stereocenters. The number of benzene rings is 1. The lowest BCUT2D eigenvalue weighted by Gasteiger charge is -2.37. The van der Waals surface area contributed by atoms with Gasteiger partial charge in [-0.05, 0) is 62.1 Å². The highest BCUT2D eigenvalue weighted by Crippen LogP contribution is 2.40. The number of fused-ring (bicyclic) bond motifs is 3. The topological polar surface area (TPSA) is 32.3 Å². The van der Waals surface area contributed by atoms with E-state index in [9.17, 15) is 0 Å². The summed E-state index contributed by atoms with van der Waals surface area (Å²) in [6.07, 6.45) is 7.09. The van der Waals surface area contributed by atoms with E-state index in [4.69, 9.17) is 9.97 Å². The first kappa shape index (κ1) is 18.3. The smallest absolute Gasteiger partial charge is 0.190 e. The second-order valence-corrected chi connectivity index (χ2v) is 9.60. The standard InChI is InChI=1S/C22H26N4S2/c1-15-6-5-7-16(14-15)25-10-12-26(13-11-25)20-19-17-8-3-4-9-18(17)28-21(19)24-22(23-20)27-2/h5-7,14H,3-4,8-13H2,1-2H3. The van der Waals surface area contributed by atoms with Gasteiger partial charge in [0.15, 0.2) is 5.16 Å². The number of hydrogen-bond donors (Lipinski definition) is 0. The summed E-state index contributed by atoms with van der Waals surface area (Å²) in [5.74, 6) is 1.18. The van der Waals surface area contributed by atoms with Crippen LogP contribution >= 0.6 is 23.1 Å². The van der Waals surface area contributed by atoms with E-state index in [2.05, 4.69) is 47.2 Å². The Morgan fingerprint density at radius 2 is 1.79 bits per heavy atom. The van der Waals surface area contributed by atoms with Crippen molar-refractivity contribution in [3.8, 4) is 0 Å². The van der Waals surface area contributed by atoms with Crippen LogP contribution in [0.3, 0.4) is 0 Å². The summed E-state index contributed by atoms with van der Waals surface area (Å²) < 4.78 is 0. The largest absolute Gasteiger partial charge is 0.368 e. The minimum atomic E-state index is 0.905. The lowest BCUT2D eigenvalue weighted by molar-refractivity contribution is 0.645. The molecule has 0 radical (unpaired) electrons. The van der Waals surface area contributed by atoms with E-state index in [0.29, 0.717) is 0 Å². The monoisotopic (exact) mass is 410 g/mol. The fourth-order valence-corrected chi connectivity index (χ4v) is 6.11. The van der Waals surface area contributed by atoms with Crippen LogP contribution in [-0.4, -0.2) is 42.4 Å².